The van der Waals surface area contributed by atoms with E-state index in [2.05, 4.69) is 5.48 Å². The fourth-order valence-corrected chi connectivity index (χ4v) is 2.37. The lowest BCUT2D eigenvalue weighted by Gasteiger charge is -2.46. The molecule has 0 aromatic rings. The van der Waals surface area contributed by atoms with Gasteiger partial charge in [0, 0.05) is 6.42 Å². The molecule has 1 amide bonds. The summed E-state index contributed by atoms with van der Waals surface area (Å²) in [5, 5.41) is 10.2. The fourth-order valence-electron chi connectivity index (χ4n) is 2.37. The molecule has 0 aliphatic carbocycles. The van der Waals surface area contributed by atoms with Gasteiger partial charge in [-0.25, -0.2) is 9.63 Å². The lowest BCUT2D eigenvalue weighted by Crippen LogP contribution is -2.59. The molecule has 0 radical (unpaired) electrons. The molecule has 2 fully saturated rings. The second-order valence-corrected chi connectivity index (χ2v) is 5.91. The number of carbonyl (C=O) groups excluding carboxylic acids is 1. The highest BCUT2D eigenvalue weighted by molar-refractivity contribution is 5.65. The molecular weight excluding hydrogens is 294 g/mol. The largest absolute Gasteiger partial charge is 0.448 e. The molecule has 2 aliphatic rings. The average Bonchev–Trinajstić information content (AvgIpc) is 2.46. The van der Waals surface area contributed by atoms with Crippen LogP contribution in [0.3, 0.4) is 0 Å². The Morgan fingerprint density at radius 2 is 2.23 bits per heavy atom. The molecule has 8 heteroatoms. The first kappa shape index (κ1) is 17.4. The topological polar surface area (TPSA) is 95.5 Å². The van der Waals surface area contributed by atoms with Crippen LogP contribution in [0.5, 0.6) is 0 Å². The lowest BCUT2D eigenvalue weighted by atomic mass is 10.00. The van der Waals surface area contributed by atoms with E-state index < -0.39 is 36.5 Å². The predicted molar refractivity (Wildman–Crippen MR) is 74.7 cm³/mol. The second-order valence-electron chi connectivity index (χ2n) is 5.91. The molecule has 0 bridgehead atoms. The number of fused-ring (bicyclic) bond motifs is 1. The highest BCUT2D eigenvalue weighted by Crippen LogP contribution is 2.32. The maximum absolute atomic E-state index is 11.4. The van der Waals surface area contributed by atoms with Gasteiger partial charge in [0.1, 0.15) is 12.2 Å². The maximum atomic E-state index is 11.4. The number of hydrogen-bond donors (Lipinski definition) is 2. The van der Waals surface area contributed by atoms with Crippen LogP contribution in [0.25, 0.3) is 0 Å². The molecule has 2 N–H and O–H groups in total. The minimum absolute atomic E-state index is 0.187. The molecule has 0 saturated carbocycles. The zero-order valence-electron chi connectivity index (χ0n) is 13.2. The van der Waals surface area contributed by atoms with Gasteiger partial charge in [0.2, 0.25) is 0 Å². The Labute approximate surface area is 129 Å². The Morgan fingerprint density at radius 3 is 2.95 bits per heavy atom. The summed E-state index contributed by atoms with van der Waals surface area (Å²) in [5.41, 5.74) is 2.16. The smallest absolute Gasteiger partial charge is 0.431 e. The van der Waals surface area contributed by atoms with Crippen molar-refractivity contribution in [2.75, 3.05) is 13.2 Å². The van der Waals surface area contributed by atoms with Gasteiger partial charge in [0.25, 0.3) is 0 Å². The van der Waals surface area contributed by atoms with Gasteiger partial charge in [-0.1, -0.05) is 13.3 Å². The zero-order chi connectivity index (χ0) is 16.2. The van der Waals surface area contributed by atoms with Crippen molar-refractivity contribution in [1.82, 2.24) is 5.48 Å². The number of carbonyl (C=O) groups is 1. The van der Waals surface area contributed by atoms with Gasteiger partial charge >= 0.3 is 6.09 Å². The minimum Gasteiger partial charge on any atom is -0.448 e. The molecule has 0 aromatic carbocycles. The third-order valence-electron chi connectivity index (χ3n) is 3.53. The number of aliphatic hydroxyl groups excluding tert-OH is 1. The minimum atomic E-state index is -0.775. The first-order valence-corrected chi connectivity index (χ1v) is 7.65. The molecule has 0 spiro atoms. The third kappa shape index (κ3) is 4.79. The number of aliphatic hydroxyl groups is 1. The molecule has 4 atom stereocenters. The first-order chi connectivity index (χ1) is 10.4. The van der Waals surface area contributed by atoms with Crippen molar-refractivity contribution >= 4 is 6.09 Å². The van der Waals surface area contributed by atoms with Gasteiger partial charge in [0.05, 0.1) is 19.3 Å². The van der Waals surface area contributed by atoms with Crippen LogP contribution >= 0.6 is 0 Å². The van der Waals surface area contributed by atoms with Crippen LogP contribution in [0.2, 0.25) is 0 Å². The average molecular weight is 319 g/mol. The predicted octanol–water partition coefficient (Wildman–Crippen LogP) is 1.07. The normalized spacial score (nSPS) is 33.8. The van der Waals surface area contributed by atoms with Crippen LogP contribution in [0.1, 0.15) is 40.0 Å². The highest BCUT2D eigenvalue weighted by atomic mass is 16.8. The summed E-state index contributed by atoms with van der Waals surface area (Å²) in [4.78, 5) is 16.5. The number of unbranched alkanes of at least 4 members (excludes halogenated alkanes) is 1. The van der Waals surface area contributed by atoms with Gasteiger partial charge in [-0.15, -0.1) is 0 Å². The third-order valence-corrected chi connectivity index (χ3v) is 3.53. The second kappa shape index (κ2) is 7.56. The highest BCUT2D eigenvalue weighted by Gasteiger charge is 2.46. The van der Waals surface area contributed by atoms with E-state index >= 15 is 0 Å². The molecule has 22 heavy (non-hydrogen) atoms. The van der Waals surface area contributed by atoms with Gasteiger partial charge in [-0.3, -0.25) is 0 Å². The van der Waals surface area contributed by atoms with Gasteiger partial charge in [0.15, 0.2) is 12.1 Å². The van der Waals surface area contributed by atoms with E-state index in [9.17, 15) is 9.90 Å². The van der Waals surface area contributed by atoms with Gasteiger partial charge in [-0.2, -0.15) is 5.48 Å². The summed E-state index contributed by atoms with van der Waals surface area (Å²) in [5.74, 6) is -0.749. The summed E-state index contributed by atoms with van der Waals surface area (Å²) in [6, 6.07) is 0. The van der Waals surface area contributed by atoms with Crippen molar-refractivity contribution in [3.05, 3.63) is 0 Å². The van der Waals surface area contributed by atoms with Gasteiger partial charge in [-0.05, 0) is 20.3 Å². The Hall–Kier alpha value is -0.930. The monoisotopic (exact) mass is 319 g/mol. The number of amides is 1. The van der Waals surface area contributed by atoms with E-state index in [4.69, 9.17) is 23.8 Å². The number of ether oxygens (including phenoxy) is 4. The Balaban J connectivity index is 1.75. The summed E-state index contributed by atoms with van der Waals surface area (Å²) in [7, 11) is 0. The van der Waals surface area contributed by atoms with Crippen LogP contribution < -0.4 is 5.48 Å². The van der Waals surface area contributed by atoms with Crippen molar-refractivity contribution in [1.29, 1.82) is 0 Å². The van der Waals surface area contributed by atoms with Crippen molar-refractivity contribution < 1.29 is 33.7 Å². The molecule has 2 aliphatic heterocycles. The summed E-state index contributed by atoms with van der Waals surface area (Å²) in [6.07, 6.45) is -1.21. The summed E-state index contributed by atoms with van der Waals surface area (Å²) < 4.78 is 21.7. The van der Waals surface area contributed by atoms with E-state index in [1.54, 1.807) is 13.8 Å². The Kier molecular flexibility index (Phi) is 5.99. The van der Waals surface area contributed by atoms with Crippen LogP contribution in [0.4, 0.5) is 4.79 Å². The Bertz CT molecular complexity index is 376. The zero-order valence-corrected chi connectivity index (χ0v) is 13.2. The van der Waals surface area contributed by atoms with Crippen LogP contribution in [0, 0.1) is 0 Å². The molecule has 2 rings (SSSR count). The molecule has 2 saturated heterocycles. The SMILES string of the molecule is CCCCOC(=O)NO[C@@H]1C[C@@H](O)[C@@H]2OC(C)(C)OC[C@H]2O1. The Morgan fingerprint density at radius 1 is 1.45 bits per heavy atom. The van der Waals surface area contributed by atoms with Gasteiger partial charge < -0.3 is 24.1 Å². The van der Waals surface area contributed by atoms with Crippen LogP contribution in [-0.4, -0.2) is 54.8 Å². The van der Waals surface area contributed by atoms with Crippen molar-refractivity contribution in [3.63, 3.8) is 0 Å². The quantitative estimate of drug-likeness (QED) is 0.578. The van der Waals surface area contributed by atoms with Crippen LogP contribution in [0.15, 0.2) is 0 Å². The molecule has 8 nitrogen and oxygen atoms in total. The molecular formula is C14H25NO7. The lowest BCUT2D eigenvalue weighted by molar-refractivity contribution is -0.367. The summed E-state index contributed by atoms with van der Waals surface area (Å²) in [6.45, 7) is 6.19. The molecule has 0 unspecified atom stereocenters. The number of nitrogens with one attached hydrogen (secondary N) is 1. The van der Waals surface area contributed by atoms with Crippen molar-refractivity contribution in [2.24, 2.45) is 0 Å². The standard InChI is InChI=1S/C14H25NO7/c1-4-5-6-18-13(17)15-22-11-7-9(16)12-10(20-11)8-19-14(2,3)21-12/h9-12,16H,4-8H2,1-3H3,(H,15,17)/t9-,10-,11-,12+/m1/s1. The number of hydrogen-bond acceptors (Lipinski definition) is 7. The number of hydroxylamine groups is 1. The van der Waals surface area contributed by atoms with E-state index in [1.165, 1.54) is 0 Å². The molecule has 2 heterocycles. The molecule has 128 valence electrons. The maximum Gasteiger partial charge on any atom is 0.431 e. The first-order valence-electron chi connectivity index (χ1n) is 7.65. The van der Waals surface area contributed by atoms with E-state index in [0.29, 0.717) is 6.61 Å². The van der Waals surface area contributed by atoms with E-state index in [1.807, 2.05) is 6.92 Å². The van der Waals surface area contributed by atoms with Crippen molar-refractivity contribution in [2.45, 2.75) is 70.4 Å². The van der Waals surface area contributed by atoms with Crippen LogP contribution in [-0.2, 0) is 23.8 Å². The fraction of sp³-hybridized carbons (Fsp3) is 0.929. The molecule has 0 aromatic heterocycles. The van der Waals surface area contributed by atoms with E-state index in [-0.39, 0.29) is 13.0 Å². The van der Waals surface area contributed by atoms with E-state index in [0.717, 1.165) is 12.8 Å². The number of rotatable bonds is 5. The van der Waals surface area contributed by atoms with Crippen molar-refractivity contribution in [3.8, 4) is 0 Å². The summed E-state index contributed by atoms with van der Waals surface area (Å²) >= 11 is 0.